The SMILES string of the molecule is CCCCCCCCC1CCC(C=CC2CCC(c3ccc(F)cc3)CC2)CC1. The Morgan fingerprint density at radius 3 is 1.90 bits per heavy atom. The van der Waals surface area contributed by atoms with Crippen molar-refractivity contribution < 1.29 is 4.39 Å². The van der Waals surface area contributed by atoms with Gasteiger partial charge in [-0.1, -0.05) is 76.2 Å². The second-order valence-electron chi connectivity index (χ2n) is 9.89. The van der Waals surface area contributed by atoms with Crippen molar-refractivity contribution in [3.05, 3.63) is 47.8 Å². The van der Waals surface area contributed by atoms with E-state index in [0.29, 0.717) is 5.92 Å². The average molecular weight is 399 g/mol. The van der Waals surface area contributed by atoms with Crippen molar-refractivity contribution in [3.8, 4) is 0 Å². The van der Waals surface area contributed by atoms with Gasteiger partial charge in [0.1, 0.15) is 5.82 Å². The summed E-state index contributed by atoms with van der Waals surface area (Å²) in [6.07, 6.45) is 26.1. The van der Waals surface area contributed by atoms with Crippen LogP contribution in [0.4, 0.5) is 4.39 Å². The molecule has 2 aliphatic carbocycles. The molecule has 1 aromatic rings. The third-order valence-electron chi connectivity index (χ3n) is 7.63. The largest absolute Gasteiger partial charge is 0.207 e. The van der Waals surface area contributed by atoms with Crippen LogP contribution in [0.1, 0.15) is 115 Å². The average Bonchev–Trinajstić information content (AvgIpc) is 2.76. The van der Waals surface area contributed by atoms with Gasteiger partial charge in [-0.3, -0.25) is 0 Å². The summed E-state index contributed by atoms with van der Waals surface area (Å²) >= 11 is 0. The quantitative estimate of drug-likeness (QED) is 0.272. The van der Waals surface area contributed by atoms with Crippen molar-refractivity contribution in [2.24, 2.45) is 17.8 Å². The fourth-order valence-electron chi connectivity index (χ4n) is 5.58. The minimum Gasteiger partial charge on any atom is -0.207 e. The summed E-state index contributed by atoms with van der Waals surface area (Å²) in [5, 5.41) is 0. The lowest BCUT2D eigenvalue weighted by molar-refractivity contribution is 0.287. The molecule has 0 aliphatic heterocycles. The van der Waals surface area contributed by atoms with Crippen LogP contribution in [0.25, 0.3) is 0 Å². The molecule has 3 rings (SSSR count). The monoisotopic (exact) mass is 398 g/mol. The highest BCUT2D eigenvalue weighted by Crippen LogP contribution is 2.37. The summed E-state index contributed by atoms with van der Waals surface area (Å²) < 4.78 is 13.1. The molecule has 0 bridgehead atoms. The Morgan fingerprint density at radius 1 is 0.724 bits per heavy atom. The topological polar surface area (TPSA) is 0 Å². The molecule has 0 N–H and O–H groups in total. The van der Waals surface area contributed by atoms with Crippen LogP contribution in [-0.2, 0) is 0 Å². The number of halogens is 1. The lowest BCUT2D eigenvalue weighted by Crippen LogP contribution is -2.14. The Hall–Kier alpha value is -1.11. The maximum Gasteiger partial charge on any atom is 0.123 e. The summed E-state index contributed by atoms with van der Waals surface area (Å²) in [5.41, 5.74) is 1.33. The van der Waals surface area contributed by atoms with E-state index in [9.17, 15) is 4.39 Å². The number of hydrogen-bond acceptors (Lipinski definition) is 0. The van der Waals surface area contributed by atoms with E-state index < -0.39 is 0 Å². The molecule has 0 nitrogen and oxygen atoms in total. The van der Waals surface area contributed by atoms with E-state index in [1.165, 1.54) is 102 Å². The van der Waals surface area contributed by atoms with E-state index in [1.807, 2.05) is 12.1 Å². The third kappa shape index (κ3) is 7.91. The van der Waals surface area contributed by atoms with Gasteiger partial charge >= 0.3 is 0 Å². The highest BCUT2D eigenvalue weighted by atomic mass is 19.1. The van der Waals surface area contributed by atoms with Gasteiger partial charge in [0.25, 0.3) is 0 Å². The zero-order chi connectivity index (χ0) is 20.3. The predicted molar refractivity (Wildman–Crippen MR) is 124 cm³/mol. The lowest BCUT2D eigenvalue weighted by atomic mass is 9.77. The van der Waals surface area contributed by atoms with Crippen LogP contribution in [0.3, 0.4) is 0 Å². The minimum atomic E-state index is -0.118. The van der Waals surface area contributed by atoms with Gasteiger partial charge in [-0.05, 0) is 92.7 Å². The van der Waals surface area contributed by atoms with Crippen LogP contribution >= 0.6 is 0 Å². The van der Waals surface area contributed by atoms with Crippen LogP contribution in [0.5, 0.6) is 0 Å². The molecule has 2 fully saturated rings. The van der Waals surface area contributed by atoms with Gasteiger partial charge in [0.05, 0.1) is 0 Å². The Morgan fingerprint density at radius 2 is 1.28 bits per heavy atom. The zero-order valence-corrected chi connectivity index (χ0v) is 18.8. The van der Waals surface area contributed by atoms with E-state index in [2.05, 4.69) is 19.1 Å². The highest BCUT2D eigenvalue weighted by Gasteiger charge is 2.22. The molecule has 0 unspecified atom stereocenters. The van der Waals surface area contributed by atoms with Crippen LogP contribution < -0.4 is 0 Å². The summed E-state index contributed by atoms with van der Waals surface area (Å²) in [6, 6.07) is 7.20. The van der Waals surface area contributed by atoms with Crippen LogP contribution in [-0.4, -0.2) is 0 Å². The molecule has 0 spiro atoms. The van der Waals surface area contributed by atoms with Crippen molar-refractivity contribution in [3.63, 3.8) is 0 Å². The molecular weight excluding hydrogens is 355 g/mol. The summed E-state index contributed by atoms with van der Waals surface area (Å²) in [5.74, 6) is 3.14. The number of rotatable bonds is 10. The van der Waals surface area contributed by atoms with Gasteiger partial charge in [-0.25, -0.2) is 4.39 Å². The fraction of sp³-hybridized carbons (Fsp3) is 0.714. The third-order valence-corrected chi connectivity index (χ3v) is 7.63. The normalized spacial score (nSPS) is 28.1. The van der Waals surface area contributed by atoms with Gasteiger partial charge in [-0.2, -0.15) is 0 Å². The number of benzene rings is 1. The summed E-state index contributed by atoms with van der Waals surface area (Å²) in [4.78, 5) is 0. The molecule has 0 saturated heterocycles. The van der Waals surface area contributed by atoms with E-state index in [-0.39, 0.29) is 5.82 Å². The van der Waals surface area contributed by atoms with Crippen LogP contribution in [0, 0.1) is 23.6 Å². The van der Waals surface area contributed by atoms with E-state index in [0.717, 1.165) is 17.8 Å². The first kappa shape index (κ1) is 22.6. The standard InChI is InChI=1S/C28H43F/c1-2-3-4-5-6-7-8-23-9-11-24(12-10-23)13-14-25-15-17-26(18-16-25)27-19-21-28(29)22-20-27/h13-14,19-26H,2-12,15-18H2,1H3. The Bertz CT molecular complexity index is 571. The maximum atomic E-state index is 13.1. The van der Waals surface area contributed by atoms with Crippen LogP contribution in [0.15, 0.2) is 36.4 Å². The molecule has 0 aromatic heterocycles. The number of hydrogen-bond donors (Lipinski definition) is 0. The lowest BCUT2D eigenvalue weighted by Gasteiger charge is -2.29. The smallest absolute Gasteiger partial charge is 0.123 e. The molecule has 0 radical (unpaired) electrons. The molecule has 1 heteroatoms. The zero-order valence-electron chi connectivity index (χ0n) is 18.8. The summed E-state index contributed by atoms with van der Waals surface area (Å²) in [6.45, 7) is 2.30. The van der Waals surface area contributed by atoms with Crippen molar-refractivity contribution >= 4 is 0 Å². The minimum absolute atomic E-state index is 0.118. The van der Waals surface area contributed by atoms with Crippen molar-refractivity contribution in [1.82, 2.24) is 0 Å². The van der Waals surface area contributed by atoms with Gasteiger partial charge in [0.15, 0.2) is 0 Å². The first-order valence-corrected chi connectivity index (χ1v) is 12.7. The van der Waals surface area contributed by atoms with E-state index >= 15 is 0 Å². The van der Waals surface area contributed by atoms with Crippen molar-refractivity contribution in [2.45, 2.75) is 109 Å². The maximum absolute atomic E-state index is 13.1. The second-order valence-corrected chi connectivity index (χ2v) is 9.89. The molecule has 29 heavy (non-hydrogen) atoms. The van der Waals surface area contributed by atoms with E-state index in [1.54, 1.807) is 12.1 Å². The Labute approximate surface area is 179 Å². The fourth-order valence-corrected chi connectivity index (χ4v) is 5.58. The van der Waals surface area contributed by atoms with Crippen molar-refractivity contribution in [2.75, 3.05) is 0 Å². The number of unbranched alkanes of at least 4 members (excludes halogenated alkanes) is 5. The molecule has 1 aromatic carbocycles. The molecule has 162 valence electrons. The summed E-state index contributed by atoms with van der Waals surface area (Å²) in [7, 11) is 0. The van der Waals surface area contributed by atoms with Gasteiger partial charge < -0.3 is 0 Å². The molecule has 2 aliphatic rings. The van der Waals surface area contributed by atoms with E-state index in [4.69, 9.17) is 0 Å². The molecular formula is C28H43F. The predicted octanol–water partition coefficient (Wildman–Crippen LogP) is 9.21. The highest BCUT2D eigenvalue weighted by molar-refractivity contribution is 5.21. The molecule has 0 amide bonds. The van der Waals surface area contributed by atoms with Gasteiger partial charge in [0.2, 0.25) is 0 Å². The first-order valence-electron chi connectivity index (χ1n) is 12.7. The Balaban J connectivity index is 1.28. The van der Waals surface area contributed by atoms with Gasteiger partial charge in [-0.15, -0.1) is 0 Å². The number of allylic oxidation sites excluding steroid dienone is 2. The molecule has 0 atom stereocenters. The van der Waals surface area contributed by atoms with Crippen molar-refractivity contribution in [1.29, 1.82) is 0 Å². The molecule has 0 heterocycles. The van der Waals surface area contributed by atoms with Gasteiger partial charge in [0, 0.05) is 0 Å². The molecule has 2 saturated carbocycles. The first-order chi connectivity index (χ1) is 14.2. The van der Waals surface area contributed by atoms with Crippen LogP contribution in [0.2, 0.25) is 0 Å². The second kappa shape index (κ2) is 12.6. The Kier molecular flexibility index (Phi) is 9.77.